The highest BCUT2D eigenvalue weighted by Crippen LogP contribution is 2.31. The van der Waals surface area contributed by atoms with Crippen LogP contribution in [0, 0.1) is 5.82 Å². The predicted molar refractivity (Wildman–Crippen MR) is 90.7 cm³/mol. The molecule has 152 valence electrons. The molecule has 3 rings (SSSR count). The molecule has 11 heteroatoms. The summed E-state index contributed by atoms with van der Waals surface area (Å²) in [5.41, 5.74) is -1.94. The zero-order valence-electron chi connectivity index (χ0n) is 14.9. The number of hydrogen-bond donors (Lipinski definition) is 2. The lowest BCUT2D eigenvalue weighted by Gasteiger charge is -2.22. The van der Waals surface area contributed by atoms with Crippen LogP contribution in [0.1, 0.15) is 41.6 Å². The largest absolute Gasteiger partial charge is 0.478 e. The maximum Gasteiger partial charge on any atom is 0.478 e. The first-order chi connectivity index (χ1) is 13.2. The number of hydrogen-bond acceptors (Lipinski definition) is 4. The number of nitrogens with one attached hydrogen (secondary N) is 2. The highest BCUT2D eigenvalue weighted by molar-refractivity contribution is 6.45. The summed E-state index contributed by atoms with van der Waals surface area (Å²) < 4.78 is 63.1. The van der Waals surface area contributed by atoms with E-state index in [0.29, 0.717) is 18.2 Å². The van der Waals surface area contributed by atoms with Gasteiger partial charge in [0.1, 0.15) is 5.82 Å². The second kappa shape index (κ2) is 8.48. The van der Waals surface area contributed by atoms with Gasteiger partial charge in [0.05, 0.1) is 36.3 Å². The van der Waals surface area contributed by atoms with E-state index in [1.807, 2.05) is 0 Å². The van der Waals surface area contributed by atoms with Crippen molar-refractivity contribution in [3.8, 4) is 0 Å². The third-order valence-corrected chi connectivity index (χ3v) is 4.71. The van der Waals surface area contributed by atoms with Crippen LogP contribution in [0.2, 0.25) is 0 Å². The van der Waals surface area contributed by atoms with Crippen molar-refractivity contribution in [2.45, 2.75) is 44.1 Å². The molecule has 1 aromatic carbocycles. The summed E-state index contributed by atoms with van der Waals surface area (Å²) in [6, 6.07) is 1.51. The van der Waals surface area contributed by atoms with Gasteiger partial charge in [0.2, 0.25) is 5.91 Å². The Kier molecular flexibility index (Phi) is 6.24. The molecular weight excluding hydrogens is 383 g/mol. The molecule has 2 amide bonds. The molecule has 0 radical (unpaired) electrons. The summed E-state index contributed by atoms with van der Waals surface area (Å²) in [5, 5.41) is 4.62. The van der Waals surface area contributed by atoms with Gasteiger partial charge in [0.25, 0.3) is 5.91 Å². The topological polar surface area (TPSA) is 76.7 Å². The Bertz CT molecular complexity index is 732. The van der Waals surface area contributed by atoms with E-state index in [2.05, 4.69) is 10.6 Å². The van der Waals surface area contributed by atoms with E-state index in [0.717, 1.165) is 25.7 Å². The number of fused-ring (bicyclic) bond motifs is 1. The van der Waals surface area contributed by atoms with Gasteiger partial charge in [-0.3, -0.25) is 9.59 Å². The van der Waals surface area contributed by atoms with Crippen LogP contribution in [0.4, 0.5) is 17.6 Å². The lowest BCUT2D eigenvalue weighted by atomic mass is 9.91. The van der Waals surface area contributed by atoms with Crippen LogP contribution in [0.3, 0.4) is 0 Å². The molecule has 28 heavy (non-hydrogen) atoms. The van der Waals surface area contributed by atoms with Crippen molar-refractivity contribution < 1.29 is 36.5 Å². The summed E-state index contributed by atoms with van der Waals surface area (Å²) in [6.07, 6.45) is -0.609. The molecule has 2 unspecified atom stereocenters. The molecular formula is C17H19BF4N2O4. The number of rotatable bonds is 5. The first-order valence-corrected chi connectivity index (χ1v) is 8.96. The molecule has 0 bridgehead atoms. The van der Waals surface area contributed by atoms with Crippen molar-refractivity contribution in [1.29, 1.82) is 0 Å². The Hall–Kier alpha value is -2.14. The van der Waals surface area contributed by atoms with Gasteiger partial charge in [-0.2, -0.15) is 13.2 Å². The lowest BCUT2D eigenvalue weighted by molar-refractivity contribution is -0.137. The van der Waals surface area contributed by atoms with Crippen LogP contribution in [0.25, 0.3) is 0 Å². The Balaban J connectivity index is 1.46. The minimum atomic E-state index is -4.71. The van der Waals surface area contributed by atoms with E-state index < -0.39 is 48.6 Å². The minimum Gasteiger partial charge on any atom is -0.405 e. The molecule has 2 aliphatic rings. The van der Waals surface area contributed by atoms with Crippen LogP contribution in [-0.2, 0) is 20.3 Å². The van der Waals surface area contributed by atoms with E-state index >= 15 is 0 Å². The lowest BCUT2D eigenvalue weighted by Crippen LogP contribution is -2.42. The zero-order valence-corrected chi connectivity index (χ0v) is 14.9. The smallest absolute Gasteiger partial charge is 0.405 e. The third-order valence-electron chi connectivity index (χ3n) is 4.71. The first-order valence-electron chi connectivity index (χ1n) is 8.96. The molecule has 2 atom stereocenters. The highest BCUT2D eigenvalue weighted by atomic mass is 19.4. The molecule has 1 heterocycles. The normalized spacial score (nSPS) is 21.9. The summed E-state index contributed by atoms with van der Waals surface area (Å²) in [4.78, 5) is 23.8. The SMILES string of the molecule is O=C(CNC(=O)c1cc(C(F)(F)F)ccc1F)NCB1OC2CCCCC2O1. The van der Waals surface area contributed by atoms with E-state index in [1.165, 1.54) is 0 Å². The quantitative estimate of drug-likeness (QED) is 0.584. The molecule has 1 saturated heterocycles. The summed E-state index contributed by atoms with van der Waals surface area (Å²) in [6.45, 7) is -0.520. The Morgan fingerprint density at radius 1 is 1.11 bits per heavy atom. The number of alkyl halides is 3. The van der Waals surface area contributed by atoms with Gasteiger partial charge >= 0.3 is 13.3 Å². The maximum absolute atomic E-state index is 13.7. The third kappa shape index (κ3) is 5.02. The Labute approximate surface area is 159 Å². The van der Waals surface area contributed by atoms with E-state index in [9.17, 15) is 27.2 Å². The van der Waals surface area contributed by atoms with E-state index in [1.54, 1.807) is 0 Å². The molecule has 1 aromatic rings. The van der Waals surface area contributed by atoms with Crippen LogP contribution in [0.15, 0.2) is 18.2 Å². The molecule has 2 fully saturated rings. The number of halogens is 4. The first kappa shape index (κ1) is 20.6. The molecule has 2 N–H and O–H groups in total. The van der Waals surface area contributed by atoms with Crippen molar-refractivity contribution in [2.75, 3.05) is 13.0 Å². The van der Waals surface area contributed by atoms with Gasteiger partial charge in [-0.15, -0.1) is 0 Å². The standard InChI is InChI=1S/C17H19BF4N2O4/c19-12-6-5-10(17(20,21)22)7-11(12)16(26)23-8-15(25)24-9-18-27-13-3-1-2-4-14(13)28-18/h5-7,13-14H,1-4,8-9H2,(H,23,26)(H,24,25). The van der Waals surface area contributed by atoms with E-state index in [-0.39, 0.29) is 18.7 Å². The highest BCUT2D eigenvalue weighted by Gasteiger charge is 2.40. The maximum atomic E-state index is 13.7. The summed E-state index contributed by atoms with van der Waals surface area (Å²) >= 11 is 0. The van der Waals surface area contributed by atoms with Crippen molar-refractivity contribution >= 4 is 18.9 Å². The second-order valence-corrected chi connectivity index (χ2v) is 6.74. The van der Waals surface area contributed by atoms with Crippen molar-refractivity contribution in [3.05, 3.63) is 35.1 Å². The predicted octanol–water partition coefficient (Wildman–Crippen LogP) is 2.08. The average molecular weight is 402 g/mol. The van der Waals surface area contributed by atoms with Gasteiger partial charge < -0.3 is 19.9 Å². The van der Waals surface area contributed by atoms with Crippen LogP contribution < -0.4 is 10.6 Å². The van der Waals surface area contributed by atoms with Crippen LogP contribution in [-0.4, -0.2) is 44.1 Å². The molecule has 0 aromatic heterocycles. The average Bonchev–Trinajstić information content (AvgIpc) is 3.07. The zero-order chi connectivity index (χ0) is 20.3. The van der Waals surface area contributed by atoms with Gasteiger partial charge in [0.15, 0.2) is 0 Å². The summed E-state index contributed by atoms with van der Waals surface area (Å²) in [5.74, 6) is -2.82. The van der Waals surface area contributed by atoms with Crippen LogP contribution >= 0.6 is 0 Å². The van der Waals surface area contributed by atoms with Gasteiger partial charge in [-0.25, -0.2) is 4.39 Å². The number of carbonyl (C=O) groups excluding carboxylic acids is 2. The molecule has 0 spiro atoms. The number of benzene rings is 1. The second-order valence-electron chi connectivity index (χ2n) is 6.74. The fourth-order valence-electron chi connectivity index (χ4n) is 3.28. The molecule has 1 saturated carbocycles. The molecule has 1 aliphatic carbocycles. The number of carbonyl (C=O) groups is 2. The monoisotopic (exact) mass is 402 g/mol. The van der Waals surface area contributed by atoms with Crippen LogP contribution in [0.5, 0.6) is 0 Å². The minimum absolute atomic E-state index is 0.0271. The fraction of sp³-hybridized carbons (Fsp3) is 0.529. The fourth-order valence-corrected chi connectivity index (χ4v) is 3.28. The molecule has 1 aliphatic heterocycles. The summed E-state index contributed by atoms with van der Waals surface area (Å²) in [7, 11) is -0.575. The van der Waals surface area contributed by atoms with Crippen molar-refractivity contribution in [3.63, 3.8) is 0 Å². The van der Waals surface area contributed by atoms with Crippen molar-refractivity contribution in [2.24, 2.45) is 0 Å². The Morgan fingerprint density at radius 2 is 1.75 bits per heavy atom. The number of amides is 2. The van der Waals surface area contributed by atoms with Gasteiger partial charge in [-0.1, -0.05) is 12.8 Å². The van der Waals surface area contributed by atoms with Gasteiger partial charge in [-0.05, 0) is 31.0 Å². The van der Waals surface area contributed by atoms with E-state index in [4.69, 9.17) is 9.31 Å². The van der Waals surface area contributed by atoms with Crippen molar-refractivity contribution in [1.82, 2.24) is 10.6 Å². The Morgan fingerprint density at radius 3 is 2.36 bits per heavy atom. The van der Waals surface area contributed by atoms with Gasteiger partial charge in [0, 0.05) is 0 Å². The molecule has 6 nitrogen and oxygen atoms in total.